The highest BCUT2D eigenvalue weighted by molar-refractivity contribution is 6.04. The minimum Gasteiger partial charge on any atom is -0.492 e. The van der Waals surface area contributed by atoms with Gasteiger partial charge in [-0.15, -0.1) is 0 Å². The zero-order chi connectivity index (χ0) is 53.9. The summed E-state index contributed by atoms with van der Waals surface area (Å²) in [5.74, 6) is 5.82. The lowest BCUT2D eigenvalue weighted by Crippen LogP contribution is -2.47. The molecule has 0 spiro atoms. The molecule has 4 aromatic carbocycles. The third kappa shape index (κ3) is 12.3. The maximum atomic E-state index is 12.4. The summed E-state index contributed by atoms with van der Waals surface area (Å²) < 4.78 is 35.5. The molecule has 7 heterocycles. The van der Waals surface area contributed by atoms with E-state index in [4.69, 9.17) is 58.3 Å². The van der Waals surface area contributed by atoms with Gasteiger partial charge in [-0.3, -0.25) is 4.79 Å². The van der Waals surface area contributed by atoms with E-state index in [-0.39, 0.29) is 11.8 Å². The van der Waals surface area contributed by atoms with Crippen molar-refractivity contribution in [2.45, 2.75) is 25.7 Å². The molecule has 1 atom stereocenters. The first-order valence-electron chi connectivity index (χ1n) is 27.1. The molecule has 1 unspecified atom stereocenters. The fourth-order valence-corrected chi connectivity index (χ4v) is 10.7. The lowest BCUT2D eigenvalue weighted by molar-refractivity contribution is -0.123. The topological polar surface area (TPSA) is 188 Å². The number of benzene rings is 4. The van der Waals surface area contributed by atoms with Crippen LogP contribution < -0.4 is 43.9 Å². The first-order chi connectivity index (χ1) is 38.9. The molecule has 0 bridgehead atoms. The van der Waals surface area contributed by atoms with E-state index < -0.39 is 0 Å². The summed E-state index contributed by atoms with van der Waals surface area (Å²) in [5.41, 5.74) is 7.79. The summed E-state index contributed by atoms with van der Waals surface area (Å²) in [6.45, 7) is 8.56. The molecule has 19 nitrogen and oxygen atoms in total. The molecule has 79 heavy (non-hydrogen) atoms. The van der Waals surface area contributed by atoms with Gasteiger partial charge in [-0.1, -0.05) is 60.7 Å². The first kappa shape index (κ1) is 52.6. The Balaban J connectivity index is 0.799. The summed E-state index contributed by atoms with van der Waals surface area (Å²) in [6.07, 6.45) is 11.8. The fraction of sp³-hybridized carbons (Fsp3) is 0.367. The second-order valence-corrected chi connectivity index (χ2v) is 20.0. The van der Waals surface area contributed by atoms with E-state index in [1.807, 2.05) is 42.9 Å². The number of methoxy groups -OCH3 is 3. The van der Waals surface area contributed by atoms with Crippen LogP contribution in [0.3, 0.4) is 0 Å². The second-order valence-electron chi connectivity index (χ2n) is 20.0. The number of hydrogen-bond donors (Lipinski definition) is 1. The number of piperazine rings is 2. The van der Waals surface area contributed by atoms with Gasteiger partial charge in [0.1, 0.15) is 43.3 Å². The third-order valence-electron chi connectivity index (χ3n) is 14.8. The predicted octanol–water partition coefficient (Wildman–Crippen LogP) is 7.22. The predicted molar refractivity (Wildman–Crippen MR) is 304 cm³/mol. The van der Waals surface area contributed by atoms with E-state index in [1.165, 1.54) is 5.56 Å². The zero-order valence-electron chi connectivity index (χ0n) is 45.1. The van der Waals surface area contributed by atoms with Crippen molar-refractivity contribution >= 4 is 51.1 Å². The second kappa shape index (κ2) is 24.9. The highest BCUT2D eigenvalue weighted by atomic mass is 16.5. The average Bonchev–Trinajstić information content (AvgIpc) is 3.59. The van der Waals surface area contributed by atoms with E-state index in [2.05, 4.69) is 90.6 Å². The van der Waals surface area contributed by atoms with Gasteiger partial charge in [0.15, 0.2) is 23.0 Å². The van der Waals surface area contributed by atoms with E-state index >= 15 is 0 Å². The van der Waals surface area contributed by atoms with Crippen molar-refractivity contribution in [2.24, 2.45) is 5.92 Å². The van der Waals surface area contributed by atoms with Crippen molar-refractivity contribution in [3.8, 4) is 34.1 Å². The number of ether oxygens (including phenoxy) is 6. The standard InChI is InChI=1S/C60H66N12O7/c1-74-24-26-77-50-32-47-49(34-51(50)78-27-25-75-2)65-39-67-58(47)70-18-16-69(17-19-70)53-13-12-43(35-62-53)29-42-10-7-11-46(30-42)55-56-48(33-52(57(55)76-3)79-38-44-14-15-61-54(73)31-44)59(68-40-66-56)71-20-22-72(23-21-71)60-63-36-45(37-64-60)28-41-8-5-4-6-9-41/h4-13,30,32-37,39-40,44H,14-29,31,38H2,1-3H3,(H,61,73). The molecule has 3 aliphatic rings. The highest BCUT2D eigenvalue weighted by Gasteiger charge is 2.28. The number of hydrogen-bond acceptors (Lipinski definition) is 18. The van der Waals surface area contributed by atoms with Gasteiger partial charge in [-0.2, -0.15) is 0 Å². The number of nitrogens with one attached hydrogen (secondary N) is 1. The van der Waals surface area contributed by atoms with Gasteiger partial charge in [-0.05, 0) is 58.9 Å². The molecule has 11 rings (SSSR count). The van der Waals surface area contributed by atoms with E-state index in [0.717, 1.165) is 125 Å². The third-order valence-corrected chi connectivity index (χ3v) is 14.8. The lowest BCUT2D eigenvalue weighted by atomic mass is 9.96. The van der Waals surface area contributed by atoms with Crippen LogP contribution in [-0.4, -0.2) is 154 Å². The number of anilines is 4. The van der Waals surface area contributed by atoms with Gasteiger partial charge >= 0.3 is 0 Å². The molecule has 8 aromatic rings. The van der Waals surface area contributed by atoms with Crippen LogP contribution in [-0.2, 0) is 27.1 Å². The number of amides is 1. The van der Waals surface area contributed by atoms with Crippen LogP contribution in [0.15, 0.2) is 116 Å². The summed E-state index contributed by atoms with van der Waals surface area (Å²) in [7, 11) is 4.97. The number of rotatable bonds is 21. The fourth-order valence-electron chi connectivity index (χ4n) is 10.7. The van der Waals surface area contributed by atoms with Crippen molar-refractivity contribution in [1.82, 2.24) is 40.2 Å². The molecular formula is C60H66N12O7. The Morgan fingerprint density at radius 2 is 1.20 bits per heavy atom. The number of piperidine rings is 1. The Bertz CT molecular complexity index is 3340. The number of pyridine rings is 1. The summed E-state index contributed by atoms with van der Waals surface area (Å²) in [4.78, 5) is 55.3. The number of fused-ring (bicyclic) bond motifs is 2. The van der Waals surface area contributed by atoms with Crippen LogP contribution in [0.25, 0.3) is 32.9 Å². The molecule has 1 amide bonds. The first-order valence-corrected chi connectivity index (χ1v) is 27.1. The molecule has 0 radical (unpaired) electrons. The normalized spacial score (nSPS) is 15.8. The Kier molecular flexibility index (Phi) is 16.6. The molecular weight excluding hydrogens is 1000 g/mol. The molecule has 4 aromatic heterocycles. The Hall–Kier alpha value is -8.42. The van der Waals surface area contributed by atoms with Crippen LogP contribution in [0.5, 0.6) is 23.0 Å². The molecule has 1 N–H and O–H groups in total. The Morgan fingerprint density at radius 1 is 0.557 bits per heavy atom. The van der Waals surface area contributed by atoms with Crippen molar-refractivity contribution in [3.05, 3.63) is 138 Å². The van der Waals surface area contributed by atoms with Crippen molar-refractivity contribution < 1.29 is 33.2 Å². The number of nitrogens with zero attached hydrogens (tertiary/aromatic N) is 11. The van der Waals surface area contributed by atoms with Crippen LogP contribution >= 0.6 is 0 Å². The van der Waals surface area contributed by atoms with E-state index in [9.17, 15) is 4.79 Å². The van der Waals surface area contributed by atoms with Gasteiger partial charge in [0.2, 0.25) is 11.9 Å². The zero-order valence-corrected chi connectivity index (χ0v) is 45.1. The Morgan fingerprint density at radius 3 is 1.90 bits per heavy atom. The largest absolute Gasteiger partial charge is 0.492 e. The lowest BCUT2D eigenvalue weighted by Gasteiger charge is -2.36. The van der Waals surface area contributed by atoms with Crippen LogP contribution in [0.2, 0.25) is 0 Å². The monoisotopic (exact) mass is 1070 g/mol. The van der Waals surface area contributed by atoms with Crippen molar-refractivity contribution in [1.29, 1.82) is 0 Å². The maximum absolute atomic E-state index is 12.4. The molecule has 3 aliphatic heterocycles. The van der Waals surface area contributed by atoms with Crippen molar-refractivity contribution in [3.63, 3.8) is 0 Å². The van der Waals surface area contributed by atoms with Gasteiger partial charge in [0.05, 0.1) is 43.5 Å². The molecule has 0 saturated carbocycles. The van der Waals surface area contributed by atoms with Gasteiger partial charge in [0.25, 0.3) is 0 Å². The van der Waals surface area contributed by atoms with Crippen LogP contribution in [0, 0.1) is 5.92 Å². The molecule has 408 valence electrons. The van der Waals surface area contributed by atoms with Gasteiger partial charge < -0.3 is 53.3 Å². The average molecular weight is 1070 g/mol. The minimum absolute atomic E-state index is 0.0443. The van der Waals surface area contributed by atoms with Gasteiger partial charge in [-0.25, -0.2) is 34.9 Å². The Labute approximate surface area is 459 Å². The summed E-state index contributed by atoms with van der Waals surface area (Å²) >= 11 is 0. The van der Waals surface area contributed by atoms with E-state index in [0.29, 0.717) is 88.5 Å². The molecule has 3 saturated heterocycles. The van der Waals surface area contributed by atoms with Crippen molar-refractivity contribution in [2.75, 3.05) is 133 Å². The summed E-state index contributed by atoms with van der Waals surface area (Å²) in [5, 5.41) is 4.70. The van der Waals surface area contributed by atoms with Crippen LogP contribution in [0.1, 0.15) is 35.1 Å². The molecule has 19 heteroatoms. The minimum atomic E-state index is 0.0443. The quantitative estimate of drug-likeness (QED) is 0.0710. The number of carbonyl (C=O) groups excluding carboxylic acids is 1. The highest BCUT2D eigenvalue weighted by Crippen LogP contribution is 2.46. The smallest absolute Gasteiger partial charge is 0.225 e. The number of carbonyl (C=O) groups is 1. The molecule has 3 fully saturated rings. The van der Waals surface area contributed by atoms with E-state index in [1.54, 1.807) is 34.0 Å². The van der Waals surface area contributed by atoms with Crippen LogP contribution in [0.4, 0.5) is 23.4 Å². The SMILES string of the molecule is COCCOc1cc2ncnc(N3CCN(c4ccc(Cc5cccc(-c6c(OC)c(OCC7CCNC(=O)C7)cc7c(N8CCN(c9ncc(Cc%10ccccc%10)cn9)CC8)ncnc67)c5)cn4)CC3)c2cc1OCCOC. The maximum Gasteiger partial charge on any atom is 0.225 e. The number of aromatic nitrogens is 7. The molecule has 0 aliphatic carbocycles. The summed E-state index contributed by atoms with van der Waals surface area (Å²) in [6, 6.07) is 29.1. The van der Waals surface area contributed by atoms with Gasteiger partial charge in [0, 0.05) is 127 Å².